The number of hydrogen-bond acceptors (Lipinski definition) is 2. The third-order valence-electron chi connectivity index (χ3n) is 3.43. The fourth-order valence-corrected chi connectivity index (χ4v) is 1.99. The lowest BCUT2D eigenvalue weighted by molar-refractivity contribution is 0.0955. The van der Waals surface area contributed by atoms with Gasteiger partial charge in [-0.2, -0.15) is 5.10 Å². The van der Waals surface area contributed by atoms with E-state index in [1.54, 1.807) is 6.21 Å². The Balaban J connectivity index is 1.80. The zero-order valence-electron chi connectivity index (χ0n) is 12.5. The molecule has 21 heavy (non-hydrogen) atoms. The Labute approximate surface area is 125 Å². The van der Waals surface area contributed by atoms with Crippen molar-refractivity contribution >= 4 is 12.1 Å². The van der Waals surface area contributed by atoms with Crippen molar-refractivity contribution < 1.29 is 4.79 Å². The summed E-state index contributed by atoms with van der Waals surface area (Å²) in [6.45, 7) is 4.02. The predicted molar refractivity (Wildman–Crippen MR) is 86.6 cm³/mol. The number of carbonyl (C=O) groups excluding carboxylic acids is 1. The predicted octanol–water partition coefficient (Wildman–Crippen LogP) is 3.65. The molecule has 0 radical (unpaired) electrons. The first kappa shape index (κ1) is 15.0. The van der Waals surface area contributed by atoms with Gasteiger partial charge in [-0.05, 0) is 55.5 Å². The van der Waals surface area contributed by atoms with Crippen molar-refractivity contribution in [1.82, 2.24) is 5.43 Å². The molecule has 108 valence electrons. The summed E-state index contributed by atoms with van der Waals surface area (Å²) in [5.74, 6) is -0.172. The second-order valence-corrected chi connectivity index (χ2v) is 5.08. The zero-order chi connectivity index (χ0) is 15.1. The molecule has 0 heterocycles. The minimum Gasteiger partial charge on any atom is -0.267 e. The molecule has 0 aliphatic rings. The van der Waals surface area contributed by atoms with Crippen molar-refractivity contribution in [3.63, 3.8) is 0 Å². The molecular formula is C18H20N2O. The average Bonchev–Trinajstić information content (AvgIpc) is 2.50. The van der Waals surface area contributed by atoms with E-state index < -0.39 is 0 Å². The van der Waals surface area contributed by atoms with E-state index in [0.717, 1.165) is 18.4 Å². The molecule has 3 heteroatoms. The van der Waals surface area contributed by atoms with E-state index in [4.69, 9.17) is 0 Å². The van der Waals surface area contributed by atoms with E-state index in [-0.39, 0.29) is 5.91 Å². The summed E-state index contributed by atoms with van der Waals surface area (Å²) in [4.78, 5) is 11.9. The molecule has 3 nitrogen and oxygen atoms in total. The Morgan fingerprint density at radius 2 is 1.86 bits per heavy atom. The number of hydrogen-bond donors (Lipinski definition) is 1. The maximum atomic E-state index is 11.9. The van der Waals surface area contributed by atoms with Crippen LogP contribution >= 0.6 is 0 Å². The van der Waals surface area contributed by atoms with Crippen LogP contribution in [0, 0.1) is 13.8 Å². The first-order chi connectivity index (χ1) is 10.2. The number of rotatable bonds is 5. The highest BCUT2D eigenvalue weighted by atomic mass is 16.2. The average molecular weight is 280 g/mol. The van der Waals surface area contributed by atoms with Gasteiger partial charge in [-0.1, -0.05) is 36.4 Å². The molecule has 0 spiro atoms. The second kappa shape index (κ2) is 7.39. The quantitative estimate of drug-likeness (QED) is 0.659. The zero-order valence-corrected chi connectivity index (χ0v) is 12.5. The minimum atomic E-state index is -0.172. The SMILES string of the molecule is Cc1ccc(C(=O)N/N=C/CCc2ccccc2)cc1C. The number of carbonyl (C=O) groups is 1. The van der Waals surface area contributed by atoms with Crippen LogP contribution in [0.2, 0.25) is 0 Å². The van der Waals surface area contributed by atoms with Gasteiger partial charge in [0.2, 0.25) is 0 Å². The minimum absolute atomic E-state index is 0.172. The van der Waals surface area contributed by atoms with E-state index >= 15 is 0 Å². The monoisotopic (exact) mass is 280 g/mol. The van der Waals surface area contributed by atoms with Crippen molar-refractivity contribution in [2.24, 2.45) is 5.10 Å². The molecule has 1 amide bonds. The number of hydrazone groups is 1. The van der Waals surface area contributed by atoms with Gasteiger partial charge in [-0.25, -0.2) is 5.43 Å². The molecule has 0 aromatic heterocycles. The largest absolute Gasteiger partial charge is 0.271 e. The first-order valence-electron chi connectivity index (χ1n) is 7.10. The molecule has 0 saturated heterocycles. The lowest BCUT2D eigenvalue weighted by Crippen LogP contribution is -2.17. The molecule has 0 bridgehead atoms. The third-order valence-corrected chi connectivity index (χ3v) is 3.43. The van der Waals surface area contributed by atoms with Crippen LogP contribution in [0.4, 0.5) is 0 Å². The van der Waals surface area contributed by atoms with Gasteiger partial charge in [-0.3, -0.25) is 4.79 Å². The van der Waals surface area contributed by atoms with Gasteiger partial charge in [0.25, 0.3) is 5.91 Å². The molecule has 2 aromatic rings. The molecule has 0 unspecified atom stereocenters. The highest BCUT2D eigenvalue weighted by Gasteiger charge is 2.04. The van der Waals surface area contributed by atoms with Gasteiger partial charge >= 0.3 is 0 Å². The van der Waals surface area contributed by atoms with E-state index in [9.17, 15) is 4.79 Å². The maximum absolute atomic E-state index is 11.9. The van der Waals surface area contributed by atoms with Crippen LogP contribution < -0.4 is 5.43 Å². The summed E-state index contributed by atoms with van der Waals surface area (Å²) in [6.07, 6.45) is 3.47. The van der Waals surface area contributed by atoms with E-state index in [2.05, 4.69) is 22.7 Å². The Bertz CT molecular complexity index is 633. The summed E-state index contributed by atoms with van der Waals surface area (Å²) in [5, 5.41) is 3.99. The fraction of sp³-hybridized carbons (Fsp3) is 0.222. The Kier molecular flexibility index (Phi) is 5.27. The van der Waals surface area contributed by atoms with Gasteiger partial charge in [0.05, 0.1) is 0 Å². The topological polar surface area (TPSA) is 41.5 Å². The first-order valence-corrected chi connectivity index (χ1v) is 7.10. The van der Waals surface area contributed by atoms with Crippen LogP contribution in [0.25, 0.3) is 0 Å². The molecule has 2 rings (SSSR count). The van der Waals surface area contributed by atoms with E-state index in [1.807, 2.05) is 50.2 Å². The standard InChI is InChI=1S/C18H20N2O/c1-14-10-11-17(13-15(14)2)18(21)20-19-12-6-9-16-7-4-3-5-8-16/h3-5,7-8,10-13H,6,9H2,1-2H3,(H,20,21)/b19-12+. The second-order valence-electron chi connectivity index (χ2n) is 5.08. The third kappa shape index (κ3) is 4.56. The molecule has 0 aliphatic carbocycles. The summed E-state index contributed by atoms with van der Waals surface area (Å²) in [7, 11) is 0. The van der Waals surface area contributed by atoms with Crippen LogP contribution in [-0.4, -0.2) is 12.1 Å². The highest BCUT2D eigenvalue weighted by Crippen LogP contribution is 2.09. The van der Waals surface area contributed by atoms with Crippen LogP contribution in [0.3, 0.4) is 0 Å². The number of nitrogens with zero attached hydrogens (tertiary/aromatic N) is 1. The molecule has 0 atom stereocenters. The van der Waals surface area contributed by atoms with Gasteiger partial charge < -0.3 is 0 Å². The van der Waals surface area contributed by atoms with Crippen LogP contribution in [-0.2, 0) is 6.42 Å². The van der Waals surface area contributed by atoms with Crippen LogP contribution in [0.15, 0.2) is 53.6 Å². The molecule has 1 N–H and O–H groups in total. The van der Waals surface area contributed by atoms with Crippen LogP contribution in [0.5, 0.6) is 0 Å². The van der Waals surface area contributed by atoms with Crippen molar-refractivity contribution in [3.05, 3.63) is 70.8 Å². The van der Waals surface area contributed by atoms with E-state index in [0.29, 0.717) is 5.56 Å². The molecule has 0 saturated carbocycles. The van der Waals surface area contributed by atoms with Crippen molar-refractivity contribution in [3.8, 4) is 0 Å². The smallest absolute Gasteiger partial charge is 0.267 e. The van der Waals surface area contributed by atoms with Gasteiger partial charge in [0.15, 0.2) is 0 Å². The van der Waals surface area contributed by atoms with Gasteiger partial charge in [0.1, 0.15) is 0 Å². The Morgan fingerprint density at radius 3 is 2.57 bits per heavy atom. The van der Waals surface area contributed by atoms with E-state index in [1.165, 1.54) is 11.1 Å². The van der Waals surface area contributed by atoms with Gasteiger partial charge in [0, 0.05) is 11.8 Å². The summed E-state index contributed by atoms with van der Waals surface area (Å²) in [6, 6.07) is 15.9. The number of amides is 1. The molecule has 0 aliphatic heterocycles. The summed E-state index contributed by atoms with van der Waals surface area (Å²) in [5.41, 5.74) is 6.75. The number of benzene rings is 2. The summed E-state index contributed by atoms with van der Waals surface area (Å²) < 4.78 is 0. The van der Waals surface area contributed by atoms with Crippen molar-refractivity contribution in [2.45, 2.75) is 26.7 Å². The number of nitrogens with one attached hydrogen (secondary N) is 1. The van der Waals surface area contributed by atoms with Crippen molar-refractivity contribution in [1.29, 1.82) is 0 Å². The lowest BCUT2D eigenvalue weighted by Gasteiger charge is -2.03. The highest BCUT2D eigenvalue weighted by molar-refractivity contribution is 5.94. The maximum Gasteiger partial charge on any atom is 0.271 e. The molecule has 2 aromatic carbocycles. The Morgan fingerprint density at radius 1 is 1.10 bits per heavy atom. The molecular weight excluding hydrogens is 260 g/mol. The van der Waals surface area contributed by atoms with Crippen LogP contribution in [0.1, 0.15) is 33.5 Å². The van der Waals surface area contributed by atoms with Gasteiger partial charge in [-0.15, -0.1) is 0 Å². The number of aryl methyl sites for hydroxylation is 3. The normalized spacial score (nSPS) is 10.8. The Hall–Kier alpha value is -2.42. The lowest BCUT2D eigenvalue weighted by atomic mass is 10.1. The fourth-order valence-electron chi connectivity index (χ4n) is 1.99. The summed E-state index contributed by atoms with van der Waals surface area (Å²) >= 11 is 0. The van der Waals surface area contributed by atoms with Crippen molar-refractivity contribution in [2.75, 3.05) is 0 Å². The molecule has 0 fully saturated rings.